The minimum Gasteiger partial charge on any atom is -0.326 e. The number of alkyl halides is 1. The van der Waals surface area contributed by atoms with E-state index in [-0.39, 0.29) is 5.38 Å². The number of rotatable bonds is 4. The predicted octanol–water partition coefficient (Wildman–Crippen LogP) is 2.71. The van der Waals surface area contributed by atoms with Crippen molar-refractivity contribution in [3.05, 3.63) is 42.2 Å². The Kier molecular flexibility index (Phi) is 3.44. The van der Waals surface area contributed by atoms with Crippen molar-refractivity contribution in [2.24, 2.45) is 7.05 Å². The molecule has 0 fully saturated rings. The molecule has 0 aliphatic carbocycles. The molecule has 104 valence electrons. The molecule has 0 saturated heterocycles. The van der Waals surface area contributed by atoms with Gasteiger partial charge in [0.1, 0.15) is 11.3 Å². The molecule has 0 amide bonds. The molecule has 0 aromatic carbocycles. The number of imidazole rings is 1. The van der Waals surface area contributed by atoms with E-state index in [0.717, 1.165) is 29.8 Å². The first-order valence-electron chi connectivity index (χ1n) is 6.57. The molecular weight excluding hydrogens is 274 g/mol. The summed E-state index contributed by atoms with van der Waals surface area (Å²) in [6, 6.07) is 1.98. The van der Waals surface area contributed by atoms with Crippen LogP contribution >= 0.6 is 11.6 Å². The lowest BCUT2D eigenvalue weighted by Crippen LogP contribution is -2.06. The van der Waals surface area contributed by atoms with Gasteiger partial charge in [-0.1, -0.05) is 0 Å². The summed E-state index contributed by atoms with van der Waals surface area (Å²) in [5.41, 5.74) is 3.17. The van der Waals surface area contributed by atoms with Crippen LogP contribution in [0.3, 0.4) is 0 Å². The van der Waals surface area contributed by atoms with E-state index in [1.54, 1.807) is 12.4 Å². The maximum absolute atomic E-state index is 6.25. The van der Waals surface area contributed by atoms with Crippen LogP contribution in [0.15, 0.2) is 30.9 Å². The third-order valence-corrected chi connectivity index (χ3v) is 3.51. The number of hydrogen-bond acceptors (Lipinski definition) is 3. The molecule has 6 heteroatoms. The van der Waals surface area contributed by atoms with Gasteiger partial charge in [0.25, 0.3) is 0 Å². The monoisotopic (exact) mass is 289 g/mol. The van der Waals surface area contributed by atoms with E-state index in [9.17, 15) is 0 Å². The molecule has 3 aromatic rings. The molecule has 0 bridgehead atoms. The summed E-state index contributed by atoms with van der Waals surface area (Å²) in [5, 5.41) is 4.06. The first kappa shape index (κ1) is 13.1. The Bertz CT molecular complexity index is 728. The summed E-state index contributed by atoms with van der Waals surface area (Å²) >= 11 is 6.25. The van der Waals surface area contributed by atoms with Crippen LogP contribution < -0.4 is 0 Å². The zero-order valence-electron chi connectivity index (χ0n) is 11.5. The van der Waals surface area contributed by atoms with E-state index in [1.807, 2.05) is 37.1 Å². The third-order valence-electron chi connectivity index (χ3n) is 3.32. The van der Waals surface area contributed by atoms with Gasteiger partial charge in [-0.2, -0.15) is 5.10 Å². The number of halogens is 1. The van der Waals surface area contributed by atoms with Crippen molar-refractivity contribution in [2.75, 3.05) is 0 Å². The lowest BCUT2D eigenvalue weighted by Gasteiger charge is -2.09. The van der Waals surface area contributed by atoms with Gasteiger partial charge in [-0.05, 0) is 25.0 Å². The van der Waals surface area contributed by atoms with E-state index in [1.165, 1.54) is 5.56 Å². The highest BCUT2D eigenvalue weighted by atomic mass is 35.5. The highest BCUT2D eigenvalue weighted by Crippen LogP contribution is 2.24. The molecule has 0 spiro atoms. The third kappa shape index (κ3) is 2.41. The van der Waals surface area contributed by atoms with Crippen molar-refractivity contribution in [2.45, 2.75) is 25.3 Å². The number of pyridine rings is 1. The van der Waals surface area contributed by atoms with Crippen LogP contribution in [-0.2, 0) is 20.0 Å². The second-order valence-corrected chi connectivity index (χ2v) is 5.53. The van der Waals surface area contributed by atoms with Gasteiger partial charge in [0, 0.05) is 26.0 Å². The standard InChI is InChI=1S/C14H16ClN5/c1-10(15)14-18-12-8-16-5-3-13(12)20(14)6-4-11-7-17-19(2)9-11/h3,5,7-10H,4,6H2,1-2H3. The lowest BCUT2D eigenvalue weighted by molar-refractivity contribution is 0.667. The van der Waals surface area contributed by atoms with E-state index in [4.69, 9.17) is 11.6 Å². The Labute approximate surface area is 122 Å². The summed E-state index contributed by atoms with van der Waals surface area (Å²) in [6.07, 6.45) is 8.39. The summed E-state index contributed by atoms with van der Waals surface area (Å²) in [6.45, 7) is 2.77. The van der Waals surface area contributed by atoms with Crippen LogP contribution in [-0.4, -0.2) is 24.3 Å². The normalized spacial score (nSPS) is 12.9. The van der Waals surface area contributed by atoms with E-state index < -0.39 is 0 Å². The van der Waals surface area contributed by atoms with Gasteiger partial charge in [-0.15, -0.1) is 11.6 Å². The second kappa shape index (κ2) is 5.25. The first-order chi connectivity index (χ1) is 9.65. The molecule has 1 atom stereocenters. The Morgan fingerprint density at radius 1 is 1.35 bits per heavy atom. The van der Waals surface area contributed by atoms with Crippen molar-refractivity contribution in [3.8, 4) is 0 Å². The first-order valence-corrected chi connectivity index (χ1v) is 7.00. The Morgan fingerprint density at radius 2 is 2.20 bits per heavy atom. The number of aromatic nitrogens is 5. The summed E-state index contributed by atoms with van der Waals surface area (Å²) in [4.78, 5) is 8.69. The lowest BCUT2D eigenvalue weighted by atomic mass is 10.2. The van der Waals surface area contributed by atoms with Crippen molar-refractivity contribution >= 4 is 22.6 Å². The van der Waals surface area contributed by atoms with E-state index in [2.05, 4.69) is 19.6 Å². The highest BCUT2D eigenvalue weighted by molar-refractivity contribution is 6.20. The van der Waals surface area contributed by atoms with Gasteiger partial charge in [0.15, 0.2) is 0 Å². The van der Waals surface area contributed by atoms with Crippen molar-refractivity contribution in [1.82, 2.24) is 24.3 Å². The SMILES string of the molecule is CC(Cl)c1nc2cnccc2n1CCc1cnn(C)c1. The van der Waals surface area contributed by atoms with Gasteiger partial charge in [-0.25, -0.2) is 4.98 Å². The fourth-order valence-electron chi connectivity index (χ4n) is 2.38. The van der Waals surface area contributed by atoms with Crippen LogP contribution in [0.2, 0.25) is 0 Å². The van der Waals surface area contributed by atoms with Crippen LogP contribution in [0.5, 0.6) is 0 Å². The van der Waals surface area contributed by atoms with Crippen molar-refractivity contribution in [1.29, 1.82) is 0 Å². The molecule has 3 aromatic heterocycles. The molecule has 3 rings (SSSR count). The summed E-state index contributed by atoms with van der Waals surface area (Å²) < 4.78 is 3.98. The number of aryl methyl sites for hydroxylation is 3. The minimum atomic E-state index is -0.128. The maximum Gasteiger partial charge on any atom is 0.127 e. The molecule has 0 saturated carbocycles. The van der Waals surface area contributed by atoms with Crippen molar-refractivity contribution in [3.63, 3.8) is 0 Å². The Hall–Kier alpha value is -1.88. The number of hydrogen-bond donors (Lipinski definition) is 0. The number of nitrogens with zero attached hydrogens (tertiary/aromatic N) is 5. The van der Waals surface area contributed by atoms with Crippen LogP contribution in [0.4, 0.5) is 0 Å². The molecule has 20 heavy (non-hydrogen) atoms. The average molecular weight is 290 g/mol. The van der Waals surface area contributed by atoms with Gasteiger partial charge in [0.05, 0.1) is 23.3 Å². The van der Waals surface area contributed by atoms with Crippen LogP contribution in [0.25, 0.3) is 11.0 Å². The Morgan fingerprint density at radius 3 is 2.90 bits per heavy atom. The largest absolute Gasteiger partial charge is 0.326 e. The van der Waals surface area contributed by atoms with Crippen molar-refractivity contribution < 1.29 is 0 Å². The topological polar surface area (TPSA) is 48.5 Å². The molecule has 5 nitrogen and oxygen atoms in total. The van der Waals surface area contributed by atoms with E-state index >= 15 is 0 Å². The molecule has 0 aliphatic rings. The molecule has 0 N–H and O–H groups in total. The fourth-order valence-corrected chi connectivity index (χ4v) is 2.55. The predicted molar refractivity (Wildman–Crippen MR) is 78.7 cm³/mol. The average Bonchev–Trinajstić information content (AvgIpc) is 3.00. The molecule has 1 unspecified atom stereocenters. The molecule has 3 heterocycles. The smallest absolute Gasteiger partial charge is 0.127 e. The van der Waals surface area contributed by atoms with Crippen LogP contribution in [0.1, 0.15) is 23.7 Å². The number of fused-ring (bicyclic) bond motifs is 1. The molecule has 0 radical (unpaired) electrons. The summed E-state index contributed by atoms with van der Waals surface area (Å²) in [7, 11) is 1.92. The Balaban J connectivity index is 1.94. The van der Waals surface area contributed by atoms with Gasteiger partial charge < -0.3 is 4.57 Å². The molecular formula is C14H16ClN5. The van der Waals surface area contributed by atoms with Gasteiger partial charge in [-0.3, -0.25) is 9.67 Å². The van der Waals surface area contributed by atoms with Gasteiger partial charge in [0.2, 0.25) is 0 Å². The zero-order valence-corrected chi connectivity index (χ0v) is 12.2. The fraction of sp³-hybridized carbons (Fsp3) is 0.357. The maximum atomic E-state index is 6.25. The molecule has 0 aliphatic heterocycles. The van der Waals surface area contributed by atoms with Gasteiger partial charge >= 0.3 is 0 Å². The van der Waals surface area contributed by atoms with Crippen LogP contribution in [0, 0.1) is 0 Å². The zero-order chi connectivity index (χ0) is 14.1. The van der Waals surface area contributed by atoms with E-state index in [0.29, 0.717) is 0 Å². The summed E-state index contributed by atoms with van der Waals surface area (Å²) in [5.74, 6) is 0.888. The quantitative estimate of drug-likeness (QED) is 0.694. The minimum absolute atomic E-state index is 0.128. The highest BCUT2D eigenvalue weighted by Gasteiger charge is 2.14. The second-order valence-electron chi connectivity index (χ2n) is 4.87.